The summed E-state index contributed by atoms with van der Waals surface area (Å²) in [6, 6.07) is 7.60. The molecule has 1 amide bonds. The van der Waals surface area contributed by atoms with Gasteiger partial charge in [-0.05, 0) is 28.1 Å². The summed E-state index contributed by atoms with van der Waals surface area (Å²) in [7, 11) is 0. The van der Waals surface area contributed by atoms with Crippen molar-refractivity contribution in [1.82, 2.24) is 10.9 Å². The van der Waals surface area contributed by atoms with Crippen molar-refractivity contribution in [2.24, 2.45) is 4.99 Å². The van der Waals surface area contributed by atoms with Crippen LogP contribution in [0.2, 0.25) is 0 Å². The van der Waals surface area contributed by atoms with Gasteiger partial charge in [0.2, 0.25) is 5.91 Å². The minimum absolute atomic E-state index is 0.0594. The van der Waals surface area contributed by atoms with Crippen molar-refractivity contribution < 1.29 is 4.79 Å². The molecule has 0 aromatic heterocycles. The maximum Gasteiger partial charge on any atom is 0.245 e. The fraction of sp³-hybridized carbons (Fsp3) is 0.111. The second-order valence-corrected chi connectivity index (χ2v) is 3.71. The fourth-order valence-electron chi connectivity index (χ4n) is 1.14. The van der Waals surface area contributed by atoms with Gasteiger partial charge in [0.15, 0.2) is 0 Å². The van der Waals surface area contributed by atoms with Gasteiger partial charge in [0, 0.05) is 4.47 Å². The Kier molecular flexibility index (Phi) is 2.49. The van der Waals surface area contributed by atoms with Gasteiger partial charge in [0.1, 0.15) is 5.84 Å². The van der Waals surface area contributed by atoms with E-state index in [2.05, 4.69) is 31.8 Å². The summed E-state index contributed by atoms with van der Waals surface area (Å²) in [5.74, 6) is 0.581. The van der Waals surface area contributed by atoms with E-state index in [1.807, 2.05) is 24.3 Å². The highest BCUT2D eigenvalue weighted by Crippen LogP contribution is 2.24. The highest BCUT2D eigenvalue weighted by atomic mass is 79.9. The third-order valence-corrected chi connectivity index (χ3v) is 2.45. The maximum atomic E-state index is 10.9. The molecule has 0 unspecified atom stereocenters. The molecule has 1 aromatic carbocycles. The van der Waals surface area contributed by atoms with Crippen LogP contribution in [0.5, 0.6) is 0 Å². The van der Waals surface area contributed by atoms with Crippen LogP contribution in [-0.4, -0.2) is 11.7 Å². The second-order valence-electron chi connectivity index (χ2n) is 2.86. The Morgan fingerprint density at radius 2 is 2.07 bits per heavy atom. The zero-order chi connectivity index (χ0) is 9.97. The van der Waals surface area contributed by atoms with Gasteiger partial charge < -0.3 is 0 Å². The minimum Gasteiger partial charge on any atom is -0.285 e. The van der Waals surface area contributed by atoms with Crippen LogP contribution in [0.25, 0.3) is 0 Å². The third kappa shape index (κ3) is 1.93. The SMILES string of the molecule is O=C1CC(=Nc2ccccc2Br)NN1. The fourth-order valence-corrected chi connectivity index (χ4v) is 1.51. The van der Waals surface area contributed by atoms with Gasteiger partial charge in [-0.25, -0.2) is 4.99 Å². The molecule has 1 fully saturated rings. The predicted octanol–water partition coefficient (Wildman–Crippen LogP) is 1.50. The molecule has 14 heavy (non-hydrogen) atoms. The monoisotopic (exact) mass is 253 g/mol. The zero-order valence-electron chi connectivity index (χ0n) is 7.25. The van der Waals surface area contributed by atoms with Gasteiger partial charge >= 0.3 is 0 Å². The summed E-state index contributed by atoms with van der Waals surface area (Å²) in [6.07, 6.45) is 0.307. The van der Waals surface area contributed by atoms with Crippen molar-refractivity contribution in [3.8, 4) is 0 Å². The lowest BCUT2D eigenvalue weighted by atomic mass is 10.3. The Labute approximate surface area is 89.5 Å². The van der Waals surface area contributed by atoms with Gasteiger partial charge in [-0.2, -0.15) is 0 Å². The number of carbonyl (C=O) groups excluding carboxylic acids is 1. The van der Waals surface area contributed by atoms with Crippen molar-refractivity contribution in [2.45, 2.75) is 6.42 Å². The van der Waals surface area contributed by atoms with Crippen LogP contribution in [0.4, 0.5) is 5.69 Å². The van der Waals surface area contributed by atoms with E-state index in [1.165, 1.54) is 0 Å². The molecule has 1 aromatic rings. The smallest absolute Gasteiger partial charge is 0.245 e. The second kappa shape index (κ2) is 3.79. The molecule has 0 spiro atoms. The lowest BCUT2D eigenvalue weighted by Gasteiger charge is -1.99. The number of nitrogens with one attached hydrogen (secondary N) is 2. The van der Waals surface area contributed by atoms with E-state index in [4.69, 9.17) is 0 Å². The van der Waals surface area contributed by atoms with Crippen molar-refractivity contribution in [1.29, 1.82) is 0 Å². The molecule has 4 nitrogen and oxygen atoms in total. The minimum atomic E-state index is -0.0594. The quantitative estimate of drug-likeness (QED) is 0.798. The highest BCUT2D eigenvalue weighted by molar-refractivity contribution is 9.10. The summed E-state index contributed by atoms with van der Waals surface area (Å²) < 4.78 is 0.911. The Hall–Kier alpha value is -1.36. The molecule has 1 heterocycles. The Bertz CT molecular complexity index is 403. The normalized spacial score (nSPS) is 18.1. The van der Waals surface area contributed by atoms with Crippen LogP contribution in [-0.2, 0) is 4.79 Å². The number of para-hydroxylation sites is 1. The first-order valence-corrected chi connectivity index (χ1v) is 4.92. The molecule has 5 heteroatoms. The van der Waals surface area contributed by atoms with Crippen molar-refractivity contribution >= 4 is 33.4 Å². The summed E-state index contributed by atoms with van der Waals surface area (Å²) in [4.78, 5) is 15.1. The molecule has 0 atom stereocenters. The van der Waals surface area contributed by atoms with Crippen LogP contribution in [0.3, 0.4) is 0 Å². The topological polar surface area (TPSA) is 53.5 Å². The molecule has 1 saturated heterocycles. The number of benzene rings is 1. The largest absolute Gasteiger partial charge is 0.285 e. The number of rotatable bonds is 1. The van der Waals surface area contributed by atoms with Crippen LogP contribution >= 0.6 is 15.9 Å². The number of carbonyl (C=O) groups is 1. The average molecular weight is 254 g/mol. The molecule has 0 aliphatic carbocycles. The van der Waals surface area contributed by atoms with Crippen LogP contribution in [0.1, 0.15) is 6.42 Å². The first kappa shape index (κ1) is 9.21. The number of halogens is 1. The van der Waals surface area contributed by atoms with Gasteiger partial charge in [-0.15, -0.1) is 0 Å². The molecular weight excluding hydrogens is 246 g/mol. The number of hydrogen-bond donors (Lipinski definition) is 2. The van der Waals surface area contributed by atoms with Gasteiger partial charge in [0.25, 0.3) is 0 Å². The van der Waals surface area contributed by atoms with E-state index in [-0.39, 0.29) is 5.91 Å². The molecule has 2 N–H and O–H groups in total. The average Bonchev–Trinajstić information content (AvgIpc) is 2.56. The maximum absolute atomic E-state index is 10.9. The van der Waals surface area contributed by atoms with E-state index < -0.39 is 0 Å². The Morgan fingerprint density at radius 1 is 1.29 bits per heavy atom. The molecule has 0 bridgehead atoms. The van der Waals surface area contributed by atoms with Gasteiger partial charge in [0.05, 0.1) is 12.1 Å². The number of amides is 1. The van der Waals surface area contributed by atoms with E-state index in [9.17, 15) is 4.79 Å². The van der Waals surface area contributed by atoms with Crippen LogP contribution in [0.15, 0.2) is 33.7 Å². The number of hydrazine groups is 1. The number of aliphatic imine (C=N–C) groups is 1. The molecule has 0 saturated carbocycles. The summed E-state index contributed by atoms with van der Waals surface area (Å²) in [5, 5.41) is 0. The molecule has 0 radical (unpaired) electrons. The van der Waals surface area contributed by atoms with Crippen molar-refractivity contribution in [2.75, 3.05) is 0 Å². The van der Waals surface area contributed by atoms with Crippen molar-refractivity contribution in [3.63, 3.8) is 0 Å². The van der Waals surface area contributed by atoms with Crippen molar-refractivity contribution in [3.05, 3.63) is 28.7 Å². The zero-order valence-corrected chi connectivity index (χ0v) is 8.84. The molecule has 1 aliphatic rings. The number of amidine groups is 1. The molecule has 1 aliphatic heterocycles. The van der Waals surface area contributed by atoms with Gasteiger partial charge in [-0.3, -0.25) is 15.6 Å². The highest BCUT2D eigenvalue weighted by Gasteiger charge is 2.15. The van der Waals surface area contributed by atoms with Crippen LogP contribution < -0.4 is 10.9 Å². The predicted molar refractivity (Wildman–Crippen MR) is 57.1 cm³/mol. The van der Waals surface area contributed by atoms with Crippen LogP contribution in [0, 0.1) is 0 Å². The number of nitrogens with zero attached hydrogens (tertiary/aromatic N) is 1. The summed E-state index contributed by atoms with van der Waals surface area (Å²) >= 11 is 3.38. The molecular formula is C9H8BrN3O. The summed E-state index contributed by atoms with van der Waals surface area (Å²) in [5.41, 5.74) is 6.00. The van der Waals surface area contributed by atoms with E-state index in [0.29, 0.717) is 12.3 Å². The third-order valence-electron chi connectivity index (χ3n) is 1.78. The Balaban J connectivity index is 2.25. The lowest BCUT2D eigenvalue weighted by Crippen LogP contribution is -2.28. The first-order valence-electron chi connectivity index (χ1n) is 4.12. The molecule has 72 valence electrons. The van der Waals surface area contributed by atoms with E-state index >= 15 is 0 Å². The number of hydrogen-bond acceptors (Lipinski definition) is 2. The molecule has 2 rings (SSSR count). The van der Waals surface area contributed by atoms with E-state index in [0.717, 1.165) is 10.2 Å². The lowest BCUT2D eigenvalue weighted by molar-refractivity contribution is -0.119. The standard InChI is InChI=1S/C9H8BrN3O/c10-6-3-1-2-4-7(6)11-8-5-9(14)13-12-8/h1-4H,5H2,(H,11,12)(H,13,14). The van der Waals surface area contributed by atoms with E-state index in [1.54, 1.807) is 0 Å². The Morgan fingerprint density at radius 3 is 2.71 bits per heavy atom. The summed E-state index contributed by atoms with van der Waals surface area (Å²) in [6.45, 7) is 0. The van der Waals surface area contributed by atoms with Gasteiger partial charge in [-0.1, -0.05) is 12.1 Å². The first-order chi connectivity index (χ1) is 6.75.